The molecule has 158 valence electrons. The SMILES string of the molecule is Cc1cc(C#CCNC(=O)C(F)(F)F)cnc1/C(C=NCC1CCCCO1)=N/N.[HH]. The zero-order chi connectivity index (χ0) is 21.3. The predicted molar refractivity (Wildman–Crippen MR) is 105 cm³/mol. The van der Waals surface area contributed by atoms with Crippen molar-refractivity contribution in [3.63, 3.8) is 0 Å². The Morgan fingerprint density at radius 2 is 2.31 bits per heavy atom. The summed E-state index contributed by atoms with van der Waals surface area (Å²) >= 11 is 0. The van der Waals surface area contributed by atoms with E-state index in [0.29, 0.717) is 23.5 Å². The highest BCUT2D eigenvalue weighted by atomic mass is 19.4. The number of halogens is 3. The number of alkyl halides is 3. The van der Waals surface area contributed by atoms with Crippen molar-refractivity contribution in [2.75, 3.05) is 19.7 Å². The van der Waals surface area contributed by atoms with E-state index in [4.69, 9.17) is 10.6 Å². The number of nitrogens with zero attached hydrogens (tertiary/aromatic N) is 3. The number of hydrazone groups is 1. The molecule has 1 fully saturated rings. The Morgan fingerprint density at radius 3 is 2.93 bits per heavy atom. The third kappa shape index (κ3) is 7.19. The van der Waals surface area contributed by atoms with Gasteiger partial charge in [0.1, 0.15) is 5.71 Å². The summed E-state index contributed by atoms with van der Waals surface area (Å²) in [7, 11) is 0. The Labute approximate surface area is 168 Å². The molecule has 2 heterocycles. The Balaban J connectivity index is 0.00000450. The van der Waals surface area contributed by atoms with Crippen LogP contribution in [-0.4, -0.2) is 54.8 Å². The maximum absolute atomic E-state index is 12.1. The number of aromatic nitrogens is 1. The lowest BCUT2D eigenvalue weighted by atomic mass is 10.1. The number of pyridine rings is 1. The highest BCUT2D eigenvalue weighted by Gasteiger charge is 2.38. The van der Waals surface area contributed by atoms with E-state index in [9.17, 15) is 18.0 Å². The van der Waals surface area contributed by atoms with Gasteiger partial charge in [-0.2, -0.15) is 18.3 Å². The molecular formula is C19H24F3N5O2. The summed E-state index contributed by atoms with van der Waals surface area (Å²) in [6.07, 6.45) is 1.34. The molecule has 1 atom stereocenters. The van der Waals surface area contributed by atoms with Gasteiger partial charge in [-0.05, 0) is 37.8 Å². The van der Waals surface area contributed by atoms with E-state index in [1.165, 1.54) is 6.20 Å². The number of nitrogens with one attached hydrogen (secondary N) is 1. The van der Waals surface area contributed by atoms with Crippen molar-refractivity contribution in [2.24, 2.45) is 15.9 Å². The first kappa shape index (κ1) is 22.4. The molecule has 3 N–H and O–H groups in total. The molecule has 0 saturated carbocycles. The van der Waals surface area contributed by atoms with Gasteiger partial charge >= 0.3 is 12.1 Å². The zero-order valence-electron chi connectivity index (χ0n) is 15.9. The van der Waals surface area contributed by atoms with Crippen molar-refractivity contribution in [2.45, 2.75) is 38.5 Å². The lowest BCUT2D eigenvalue weighted by molar-refractivity contribution is -0.173. The van der Waals surface area contributed by atoms with E-state index in [1.807, 2.05) is 0 Å². The molecule has 7 nitrogen and oxygen atoms in total. The van der Waals surface area contributed by atoms with Crippen molar-refractivity contribution < 1.29 is 24.1 Å². The van der Waals surface area contributed by atoms with Gasteiger partial charge in [-0.3, -0.25) is 14.8 Å². The summed E-state index contributed by atoms with van der Waals surface area (Å²) in [6, 6.07) is 1.70. The number of ether oxygens (including phenoxy) is 1. The van der Waals surface area contributed by atoms with Crippen LogP contribution in [0.3, 0.4) is 0 Å². The molecule has 29 heavy (non-hydrogen) atoms. The minimum atomic E-state index is -4.93. The van der Waals surface area contributed by atoms with E-state index in [2.05, 4.69) is 26.9 Å². The number of hydrogen-bond acceptors (Lipinski definition) is 6. The molecule has 0 spiro atoms. The van der Waals surface area contributed by atoms with E-state index in [0.717, 1.165) is 31.4 Å². The molecule has 1 saturated heterocycles. The van der Waals surface area contributed by atoms with Crippen LogP contribution in [0.5, 0.6) is 0 Å². The minimum absolute atomic E-state index is 0. The molecule has 2 rings (SSSR count). The van der Waals surface area contributed by atoms with Crippen LogP contribution in [0.15, 0.2) is 22.4 Å². The molecule has 0 bridgehead atoms. The zero-order valence-corrected chi connectivity index (χ0v) is 15.9. The first-order valence-electron chi connectivity index (χ1n) is 9.01. The van der Waals surface area contributed by atoms with Gasteiger partial charge in [-0.25, -0.2) is 0 Å². The average molecular weight is 411 g/mol. The number of amides is 1. The second kappa shape index (κ2) is 10.6. The summed E-state index contributed by atoms with van der Waals surface area (Å²) in [5, 5.41) is 5.40. The molecule has 10 heteroatoms. The quantitative estimate of drug-likeness (QED) is 0.335. The number of carbonyl (C=O) groups excluding carboxylic acids is 1. The van der Waals surface area contributed by atoms with Crippen LogP contribution in [0.1, 0.15) is 37.5 Å². The van der Waals surface area contributed by atoms with E-state index in [1.54, 1.807) is 24.5 Å². The van der Waals surface area contributed by atoms with Crippen molar-refractivity contribution in [3.05, 3.63) is 29.1 Å². The molecule has 1 aromatic heterocycles. The number of aliphatic imine (C=N–C) groups is 1. The van der Waals surface area contributed by atoms with E-state index < -0.39 is 18.6 Å². The summed E-state index contributed by atoms with van der Waals surface area (Å²) in [5.74, 6) is 8.52. The molecule has 0 aromatic carbocycles. The van der Waals surface area contributed by atoms with Crippen LogP contribution in [-0.2, 0) is 9.53 Å². The first-order valence-corrected chi connectivity index (χ1v) is 9.01. The Hall–Kier alpha value is -2.93. The molecule has 1 unspecified atom stereocenters. The summed E-state index contributed by atoms with van der Waals surface area (Å²) < 4.78 is 41.9. The van der Waals surface area contributed by atoms with Crippen molar-refractivity contribution in [3.8, 4) is 11.8 Å². The number of hydrogen-bond donors (Lipinski definition) is 2. The van der Waals surface area contributed by atoms with Crippen LogP contribution >= 0.6 is 0 Å². The lowest BCUT2D eigenvalue weighted by Crippen LogP contribution is -2.36. The van der Waals surface area contributed by atoms with Gasteiger partial charge in [0.2, 0.25) is 0 Å². The van der Waals surface area contributed by atoms with Crippen LogP contribution in [0.25, 0.3) is 0 Å². The molecule has 0 radical (unpaired) electrons. The maximum atomic E-state index is 12.1. The molecule has 1 aromatic rings. The molecule has 1 amide bonds. The van der Waals surface area contributed by atoms with Crippen molar-refractivity contribution in [1.29, 1.82) is 0 Å². The fraction of sp³-hybridized carbons (Fsp3) is 0.474. The molecular weight excluding hydrogens is 387 g/mol. The predicted octanol–water partition coefficient (Wildman–Crippen LogP) is 1.97. The second-order valence-corrected chi connectivity index (χ2v) is 6.37. The highest BCUT2D eigenvalue weighted by Crippen LogP contribution is 2.14. The van der Waals surface area contributed by atoms with Crippen LogP contribution in [0.4, 0.5) is 13.2 Å². The maximum Gasteiger partial charge on any atom is 0.471 e. The van der Waals surface area contributed by atoms with Crippen LogP contribution in [0, 0.1) is 18.8 Å². The van der Waals surface area contributed by atoms with Gasteiger partial charge in [0, 0.05) is 19.8 Å². The average Bonchev–Trinajstić information content (AvgIpc) is 2.69. The topological polar surface area (TPSA) is 102 Å². The number of nitrogens with two attached hydrogens (primary N) is 1. The fourth-order valence-electron chi connectivity index (χ4n) is 2.65. The minimum Gasteiger partial charge on any atom is -0.376 e. The smallest absolute Gasteiger partial charge is 0.376 e. The van der Waals surface area contributed by atoms with E-state index in [-0.39, 0.29) is 7.53 Å². The number of aryl methyl sites for hydroxylation is 1. The molecule has 1 aliphatic rings. The summed E-state index contributed by atoms with van der Waals surface area (Å²) in [5.41, 5.74) is 2.13. The fourth-order valence-corrected chi connectivity index (χ4v) is 2.65. The number of carbonyl (C=O) groups is 1. The van der Waals surface area contributed by atoms with Crippen LogP contribution in [0.2, 0.25) is 0 Å². The van der Waals surface area contributed by atoms with Crippen LogP contribution < -0.4 is 11.2 Å². The molecule has 0 aliphatic carbocycles. The third-order valence-corrected chi connectivity index (χ3v) is 4.08. The summed E-state index contributed by atoms with van der Waals surface area (Å²) in [6.45, 7) is 2.62. The Kier molecular flexibility index (Phi) is 8.15. The Bertz CT molecular complexity index is 841. The normalized spacial score (nSPS) is 17.7. The first-order chi connectivity index (χ1) is 13.8. The largest absolute Gasteiger partial charge is 0.471 e. The van der Waals surface area contributed by atoms with Gasteiger partial charge in [0.25, 0.3) is 0 Å². The van der Waals surface area contributed by atoms with Crippen molar-refractivity contribution >= 4 is 17.8 Å². The van der Waals surface area contributed by atoms with Gasteiger partial charge in [0.15, 0.2) is 0 Å². The van der Waals surface area contributed by atoms with Crippen molar-refractivity contribution in [1.82, 2.24) is 10.3 Å². The standard InChI is InChI=1S/C19H22F3N5O2.H2/c1-13-9-14(5-4-7-25-18(28)19(20,21)22)10-26-17(13)16(27-23)12-24-11-15-6-2-3-8-29-15;/h9-10,12,15H,2-3,6-8,11,23H2,1H3,(H,25,28);1H/b24-12?,27-16+;. The van der Waals surface area contributed by atoms with E-state index >= 15 is 0 Å². The van der Waals surface area contributed by atoms with Gasteiger partial charge in [0.05, 0.1) is 31.1 Å². The molecule has 1 aliphatic heterocycles. The highest BCUT2D eigenvalue weighted by molar-refractivity contribution is 6.37. The third-order valence-electron chi connectivity index (χ3n) is 4.08. The monoisotopic (exact) mass is 411 g/mol. The Morgan fingerprint density at radius 1 is 1.52 bits per heavy atom. The second-order valence-electron chi connectivity index (χ2n) is 6.37. The van der Waals surface area contributed by atoms with Gasteiger partial charge < -0.3 is 15.9 Å². The number of rotatable bonds is 5. The van der Waals surface area contributed by atoms with Gasteiger partial charge in [-0.15, -0.1) is 0 Å². The lowest BCUT2D eigenvalue weighted by Gasteiger charge is -2.20. The van der Waals surface area contributed by atoms with Gasteiger partial charge in [-0.1, -0.05) is 11.8 Å². The summed E-state index contributed by atoms with van der Waals surface area (Å²) in [4.78, 5) is 19.3.